The molecule has 0 saturated carbocycles. The van der Waals surface area contributed by atoms with Crippen LogP contribution >= 0.6 is 11.3 Å². The Morgan fingerprint density at radius 1 is 0.909 bits per heavy atom. The van der Waals surface area contributed by atoms with Gasteiger partial charge >= 0.3 is 0 Å². The van der Waals surface area contributed by atoms with Gasteiger partial charge < -0.3 is 45.4 Å². The topological polar surface area (TPSA) is 234 Å². The van der Waals surface area contributed by atoms with Crippen LogP contribution in [0.1, 0.15) is 112 Å². The van der Waals surface area contributed by atoms with Gasteiger partial charge in [0.1, 0.15) is 12.0 Å². The van der Waals surface area contributed by atoms with Gasteiger partial charge in [0.25, 0.3) is 0 Å². The smallest absolute Gasteiger partial charge is 0.243 e. The van der Waals surface area contributed by atoms with Crippen molar-refractivity contribution in [3.63, 3.8) is 0 Å². The number of aliphatic hydroxyl groups excluding tert-OH is 1. The molecule has 19 nitrogen and oxygen atoms in total. The second-order valence-electron chi connectivity index (χ2n) is 21.8. The molecule has 21 heteroatoms. The van der Waals surface area contributed by atoms with E-state index in [1.165, 1.54) is 22.6 Å². The molecule has 2 amide bonds. The number of rotatable bonds is 14. The van der Waals surface area contributed by atoms with Gasteiger partial charge in [0, 0.05) is 69.7 Å². The van der Waals surface area contributed by atoms with Gasteiger partial charge in [-0.1, -0.05) is 49.3 Å². The summed E-state index contributed by atoms with van der Waals surface area (Å²) >= 11 is 1.60. The molecule has 2 aromatic carbocycles. The molecular weight excluding hydrogens is 1000 g/mol. The normalized spacial score (nSPS) is 20.1. The van der Waals surface area contributed by atoms with Gasteiger partial charge in [0.05, 0.1) is 45.5 Å². The minimum absolute atomic E-state index is 0.0468. The number of likely N-dealkylation sites (tertiary alicyclic amines) is 2. The number of carbonyl (C=O) groups is 2. The Hall–Kier alpha value is -7.10. The van der Waals surface area contributed by atoms with Gasteiger partial charge in [0.2, 0.25) is 17.8 Å². The highest BCUT2D eigenvalue weighted by atomic mass is 32.1. The number of β-amino-alcohol motifs (C(OH)–C–C–N with tert-alkyl or cyclic N) is 1. The fraction of sp³-hybridized carbons (Fsp3) is 0.482. The number of phenols is 1. The third-order valence-corrected chi connectivity index (χ3v) is 17.4. The molecule has 0 bridgehead atoms. The number of piperidine rings is 3. The summed E-state index contributed by atoms with van der Waals surface area (Å²) in [5.41, 5.74) is 14.0. The van der Waals surface area contributed by atoms with Crippen LogP contribution in [0.5, 0.6) is 5.75 Å². The maximum Gasteiger partial charge on any atom is 0.243 e. The molecule has 4 aliphatic rings. The number of carbonyl (C=O) groups excluding carboxylic acids is 2. The number of anilines is 3. The van der Waals surface area contributed by atoms with Crippen molar-refractivity contribution in [3.05, 3.63) is 101 Å². The minimum atomic E-state index is -0.810. The summed E-state index contributed by atoms with van der Waals surface area (Å²) < 4.78 is 22.0. The lowest BCUT2D eigenvalue weighted by Crippen LogP contribution is -2.48. The third-order valence-electron chi connectivity index (χ3n) is 16.4. The number of nitrogen functional groups attached to an aromatic ring is 1. The van der Waals surface area contributed by atoms with E-state index in [0.29, 0.717) is 34.3 Å². The number of nitrogens with two attached hydrogens (primary N) is 1. The maximum atomic E-state index is 14.4. The average Bonchev–Trinajstić information content (AvgIpc) is 4.28. The molecular formula is C56H67FN14O5S. The van der Waals surface area contributed by atoms with Crippen molar-refractivity contribution >= 4 is 51.8 Å². The summed E-state index contributed by atoms with van der Waals surface area (Å²) in [7, 11) is 0. The molecule has 0 aliphatic carbocycles. The molecule has 4 atom stereocenters. The van der Waals surface area contributed by atoms with Crippen molar-refractivity contribution in [2.45, 2.75) is 109 Å². The zero-order valence-corrected chi connectivity index (χ0v) is 44.8. The number of hydrogen-bond donors (Lipinski definition) is 4. The highest BCUT2D eigenvalue weighted by Crippen LogP contribution is 2.38. The number of aliphatic hydroxyl groups is 1. The van der Waals surface area contributed by atoms with Crippen LogP contribution < -0.4 is 20.9 Å². The Labute approximate surface area is 450 Å². The Bertz CT molecular complexity index is 3200. The predicted octanol–water partition coefficient (Wildman–Crippen LogP) is 7.65. The van der Waals surface area contributed by atoms with E-state index in [1.807, 2.05) is 80.6 Å². The first kappa shape index (κ1) is 52.0. The number of phenolic OH excluding ortho intramolecular Hbond substituents is 1. The number of nitrogens with zero attached hydrogens (tertiary/aromatic N) is 12. The number of hydrogen-bond acceptors (Lipinski definition) is 17. The fourth-order valence-corrected chi connectivity index (χ4v) is 12.8. The molecule has 4 fully saturated rings. The van der Waals surface area contributed by atoms with Crippen molar-refractivity contribution in [1.82, 2.24) is 55.2 Å². The van der Waals surface area contributed by atoms with Crippen molar-refractivity contribution < 1.29 is 28.7 Å². The van der Waals surface area contributed by atoms with Crippen molar-refractivity contribution in [3.8, 4) is 27.4 Å². The first-order valence-electron chi connectivity index (χ1n) is 27.1. The van der Waals surface area contributed by atoms with Crippen molar-refractivity contribution in [1.29, 1.82) is 0 Å². The van der Waals surface area contributed by atoms with Crippen LogP contribution in [0.2, 0.25) is 0 Å². The van der Waals surface area contributed by atoms with E-state index in [9.17, 15) is 24.2 Å². The molecule has 9 heterocycles. The second-order valence-corrected chi connectivity index (χ2v) is 22.6. The number of nitrogens with one attached hydrogen (secondary N) is 1. The lowest BCUT2D eigenvalue weighted by Gasteiger charge is -2.37. The summed E-state index contributed by atoms with van der Waals surface area (Å²) in [6.07, 6.45) is 9.11. The van der Waals surface area contributed by atoms with E-state index < -0.39 is 29.6 Å². The van der Waals surface area contributed by atoms with Crippen molar-refractivity contribution in [2.24, 2.45) is 11.8 Å². The summed E-state index contributed by atoms with van der Waals surface area (Å²) in [4.78, 5) is 52.0. The Kier molecular flexibility index (Phi) is 14.9. The van der Waals surface area contributed by atoms with Gasteiger partial charge in [-0.3, -0.25) is 14.3 Å². The number of aromatic nitrogens is 8. The molecule has 7 aromatic rings. The zero-order chi connectivity index (χ0) is 53.5. The standard InChI is InChI=1S/C56H67FN14O5S/c1-32(2)49(55(75)70-30-41(72)24-46(70)54(74)62-33(3)36-8-10-38(11-9-36)52-34(4)61-31-77-52)47-26-48(66-76-47)68-20-12-35(13-21-68)29-67-18-14-37(15-19-67)39-27-59-56(60-28-39)69-22-16-40(17-23-69)71-45-25-44(63-64-50(45)53(58)65-71)42-6-5-7-43(57)51(42)73/h5-11,25-28,31-33,35,37,40-41,46,49,72-73H,12-24,29-30H2,1-4H3,(H2,58,65)(H,62,74)/t33-,41+,46-,49?/m0/s1. The first-order chi connectivity index (χ1) is 37.3. The van der Waals surface area contributed by atoms with Gasteiger partial charge in [-0.05, 0) is 118 Å². The molecule has 1 unspecified atom stereocenters. The van der Waals surface area contributed by atoms with E-state index in [0.717, 1.165) is 118 Å². The molecule has 4 aliphatic heterocycles. The van der Waals surface area contributed by atoms with Crippen LogP contribution in [0, 0.1) is 24.6 Å². The number of para-hydroxylation sites is 1. The summed E-state index contributed by atoms with van der Waals surface area (Å²) in [6.45, 7) is 14.2. The first-order valence-corrected chi connectivity index (χ1v) is 27.9. The lowest BCUT2D eigenvalue weighted by molar-refractivity contribution is -0.141. The molecule has 5 N–H and O–H groups in total. The predicted molar refractivity (Wildman–Crippen MR) is 292 cm³/mol. The third kappa shape index (κ3) is 10.8. The monoisotopic (exact) mass is 1070 g/mol. The molecule has 5 aromatic heterocycles. The molecule has 11 rings (SSSR count). The van der Waals surface area contributed by atoms with Gasteiger partial charge in [-0.25, -0.2) is 19.3 Å². The van der Waals surface area contributed by atoms with Crippen molar-refractivity contribution in [2.75, 3.05) is 67.9 Å². The second kappa shape index (κ2) is 22.1. The minimum Gasteiger partial charge on any atom is -0.504 e. The van der Waals surface area contributed by atoms with Gasteiger partial charge in [-0.2, -0.15) is 5.10 Å². The molecule has 0 spiro atoms. The zero-order valence-electron chi connectivity index (χ0n) is 44.0. The van der Waals surface area contributed by atoms with E-state index in [2.05, 4.69) is 45.5 Å². The van der Waals surface area contributed by atoms with E-state index in [1.54, 1.807) is 23.5 Å². The quantitative estimate of drug-likeness (QED) is 0.0819. The summed E-state index contributed by atoms with van der Waals surface area (Å²) in [6, 6.07) is 15.0. The van der Waals surface area contributed by atoms with E-state index in [-0.39, 0.29) is 54.2 Å². The highest BCUT2D eigenvalue weighted by Gasteiger charge is 2.44. The molecule has 77 heavy (non-hydrogen) atoms. The number of benzene rings is 2. The Balaban J connectivity index is 0.631. The number of fused-ring (bicyclic) bond motifs is 1. The van der Waals surface area contributed by atoms with E-state index in [4.69, 9.17) is 20.2 Å². The molecule has 4 saturated heterocycles. The Morgan fingerprint density at radius 3 is 2.34 bits per heavy atom. The van der Waals surface area contributed by atoms with Crippen LogP contribution in [0.25, 0.3) is 32.7 Å². The van der Waals surface area contributed by atoms with Crippen LogP contribution in [0.3, 0.4) is 0 Å². The number of aryl methyl sites for hydroxylation is 1. The van der Waals surface area contributed by atoms with Gasteiger partial charge in [-0.15, -0.1) is 21.5 Å². The average molecular weight is 1070 g/mol. The fourth-order valence-electron chi connectivity index (χ4n) is 12.0. The van der Waals surface area contributed by atoms with Crippen LogP contribution in [-0.2, 0) is 9.59 Å². The number of thiazole rings is 1. The lowest BCUT2D eigenvalue weighted by atomic mass is 9.89. The number of aromatic hydroxyl groups is 1. The molecule has 0 radical (unpaired) electrons. The molecule has 404 valence electrons. The van der Waals surface area contributed by atoms with Crippen LogP contribution in [-0.4, -0.2) is 136 Å². The Morgan fingerprint density at radius 2 is 1.64 bits per heavy atom. The van der Waals surface area contributed by atoms with Crippen LogP contribution in [0.4, 0.5) is 22.0 Å². The maximum absolute atomic E-state index is 14.4. The van der Waals surface area contributed by atoms with Gasteiger partial charge in [0.15, 0.2) is 34.5 Å². The largest absolute Gasteiger partial charge is 0.504 e. The summed E-state index contributed by atoms with van der Waals surface area (Å²) in [5.74, 6) is 0.626. The summed E-state index contributed by atoms with van der Waals surface area (Å²) in [5, 5.41) is 41.8. The number of amides is 2. The number of halogens is 1. The highest BCUT2D eigenvalue weighted by molar-refractivity contribution is 7.13. The SMILES string of the molecule is Cc1ncsc1-c1ccc([C@H](C)NC(=O)[C@@H]2C[C@@H](O)CN2C(=O)C(c2cc(N3CCC(CN4CCC(c5cnc(N6CCC(n7nc(N)c8nnc(-c9cccc(F)c9O)cc87)CC6)nc5)CC4)CC3)no2)C(C)C)cc1. The van der Waals surface area contributed by atoms with Crippen LogP contribution in [0.15, 0.2) is 77.0 Å². The van der Waals surface area contributed by atoms with E-state index >= 15 is 0 Å².